The molecule has 0 radical (unpaired) electrons. The number of benzene rings is 1. The van der Waals surface area contributed by atoms with Gasteiger partial charge in [-0.25, -0.2) is 9.67 Å². The van der Waals surface area contributed by atoms with E-state index in [1.807, 2.05) is 25.2 Å². The standard InChI is InChI=1S/C20H18N6O3S/c1-24-17-13(18-19(24)23-15(30-18)7-16(27)29-3)9-22-26(20(17)28)10-11-5-4-6-14-12(11)8-21-25(14)2/h4-6,8-9H,7,10H2,1-3H3. The minimum Gasteiger partial charge on any atom is -0.469 e. The number of aryl methyl sites for hydroxylation is 2. The van der Waals surface area contributed by atoms with E-state index in [1.165, 1.54) is 23.1 Å². The summed E-state index contributed by atoms with van der Waals surface area (Å²) < 4.78 is 10.6. The molecule has 0 saturated heterocycles. The molecule has 30 heavy (non-hydrogen) atoms. The first kappa shape index (κ1) is 18.5. The molecule has 0 N–H and O–H groups in total. The first-order valence-electron chi connectivity index (χ1n) is 9.28. The quantitative estimate of drug-likeness (QED) is 0.411. The Hall–Kier alpha value is -3.53. The molecule has 10 heteroatoms. The molecular weight excluding hydrogens is 404 g/mol. The highest BCUT2D eigenvalue weighted by Gasteiger charge is 2.19. The Balaban J connectivity index is 1.61. The van der Waals surface area contributed by atoms with Crippen LogP contribution in [-0.2, 0) is 36.6 Å². The summed E-state index contributed by atoms with van der Waals surface area (Å²) in [7, 11) is 5.05. The lowest BCUT2D eigenvalue weighted by Gasteiger charge is -2.07. The van der Waals surface area contributed by atoms with Crippen LogP contribution in [0.15, 0.2) is 35.4 Å². The molecule has 0 fully saturated rings. The molecule has 0 atom stereocenters. The van der Waals surface area contributed by atoms with Crippen LogP contribution in [-0.4, -0.2) is 42.2 Å². The van der Waals surface area contributed by atoms with Gasteiger partial charge < -0.3 is 9.30 Å². The summed E-state index contributed by atoms with van der Waals surface area (Å²) >= 11 is 1.38. The van der Waals surface area contributed by atoms with Crippen LogP contribution in [0.2, 0.25) is 0 Å². The van der Waals surface area contributed by atoms with E-state index >= 15 is 0 Å². The van der Waals surface area contributed by atoms with Gasteiger partial charge in [0.15, 0.2) is 5.65 Å². The van der Waals surface area contributed by atoms with Crippen molar-refractivity contribution >= 4 is 49.5 Å². The molecule has 0 aliphatic rings. The predicted octanol–water partition coefficient (Wildman–Crippen LogP) is 2.00. The number of thiazole rings is 1. The molecule has 5 rings (SSSR count). The summed E-state index contributed by atoms with van der Waals surface area (Å²) in [4.78, 5) is 29.3. The van der Waals surface area contributed by atoms with Crippen LogP contribution in [0.3, 0.4) is 0 Å². The normalized spacial score (nSPS) is 11.7. The van der Waals surface area contributed by atoms with Crippen LogP contribution in [0.25, 0.3) is 32.2 Å². The summed E-state index contributed by atoms with van der Waals surface area (Å²) in [5.41, 5.74) is 3.00. The predicted molar refractivity (Wildman–Crippen MR) is 114 cm³/mol. The van der Waals surface area contributed by atoms with Crippen molar-refractivity contribution in [3.8, 4) is 0 Å². The summed E-state index contributed by atoms with van der Waals surface area (Å²) in [5, 5.41) is 11.1. The minimum atomic E-state index is -0.344. The molecule has 0 unspecified atom stereocenters. The Kier molecular flexibility index (Phi) is 4.17. The van der Waals surface area contributed by atoms with Crippen molar-refractivity contribution < 1.29 is 9.53 Å². The van der Waals surface area contributed by atoms with E-state index in [0.717, 1.165) is 26.6 Å². The first-order valence-corrected chi connectivity index (χ1v) is 10.1. The third-order valence-corrected chi connectivity index (χ3v) is 6.37. The average molecular weight is 422 g/mol. The molecule has 4 heterocycles. The van der Waals surface area contributed by atoms with Crippen molar-refractivity contribution in [1.29, 1.82) is 0 Å². The maximum atomic E-state index is 13.2. The fraction of sp³-hybridized carbons (Fsp3) is 0.250. The highest BCUT2D eigenvalue weighted by atomic mass is 32.1. The van der Waals surface area contributed by atoms with Crippen LogP contribution < -0.4 is 5.56 Å². The number of esters is 1. The molecule has 0 aliphatic carbocycles. The van der Waals surface area contributed by atoms with Gasteiger partial charge >= 0.3 is 5.97 Å². The fourth-order valence-electron chi connectivity index (χ4n) is 3.75. The Morgan fingerprint density at radius 3 is 2.77 bits per heavy atom. The SMILES string of the molecule is COC(=O)Cc1nc2c(s1)c1cnn(Cc3cccc4c3cnn4C)c(=O)c1n2C. The van der Waals surface area contributed by atoms with Gasteiger partial charge in [0.25, 0.3) is 5.56 Å². The van der Waals surface area contributed by atoms with Crippen LogP contribution in [0.1, 0.15) is 10.6 Å². The zero-order chi connectivity index (χ0) is 21.0. The lowest BCUT2D eigenvalue weighted by molar-refractivity contribution is -0.139. The van der Waals surface area contributed by atoms with Crippen molar-refractivity contribution in [3.63, 3.8) is 0 Å². The van der Waals surface area contributed by atoms with E-state index < -0.39 is 0 Å². The van der Waals surface area contributed by atoms with Crippen LogP contribution in [0, 0.1) is 0 Å². The van der Waals surface area contributed by atoms with Gasteiger partial charge in [0.1, 0.15) is 10.5 Å². The number of carbonyl (C=O) groups excluding carboxylic acids is 1. The second-order valence-corrected chi connectivity index (χ2v) is 8.14. The van der Waals surface area contributed by atoms with E-state index in [4.69, 9.17) is 4.74 Å². The number of fused-ring (bicyclic) bond motifs is 4. The van der Waals surface area contributed by atoms with Crippen molar-refractivity contribution in [1.82, 2.24) is 29.1 Å². The summed E-state index contributed by atoms with van der Waals surface area (Å²) in [6.45, 7) is 0.345. The van der Waals surface area contributed by atoms with Gasteiger partial charge in [-0.1, -0.05) is 12.1 Å². The minimum absolute atomic E-state index is 0.108. The summed E-state index contributed by atoms with van der Waals surface area (Å²) in [6.07, 6.45) is 3.61. The highest BCUT2D eigenvalue weighted by molar-refractivity contribution is 7.19. The largest absolute Gasteiger partial charge is 0.469 e. The van der Waals surface area contributed by atoms with Crippen molar-refractivity contribution in [3.05, 3.63) is 51.5 Å². The number of carbonyl (C=O) groups is 1. The Morgan fingerprint density at radius 2 is 1.97 bits per heavy atom. The monoisotopic (exact) mass is 422 g/mol. The number of ether oxygens (including phenoxy) is 1. The second kappa shape index (κ2) is 6.77. The van der Waals surface area contributed by atoms with Gasteiger partial charge in [0.05, 0.1) is 42.7 Å². The molecule has 152 valence electrons. The first-order chi connectivity index (χ1) is 14.5. The number of hydrogen-bond acceptors (Lipinski definition) is 7. The lowest BCUT2D eigenvalue weighted by Crippen LogP contribution is -2.24. The Morgan fingerprint density at radius 1 is 1.17 bits per heavy atom. The van der Waals surface area contributed by atoms with Gasteiger partial charge in [-0.2, -0.15) is 10.2 Å². The van der Waals surface area contributed by atoms with Gasteiger partial charge in [0, 0.05) is 24.9 Å². The average Bonchev–Trinajstić information content (AvgIpc) is 3.39. The maximum absolute atomic E-state index is 13.2. The van der Waals surface area contributed by atoms with E-state index in [0.29, 0.717) is 22.7 Å². The van der Waals surface area contributed by atoms with Crippen molar-refractivity contribution in [2.75, 3.05) is 7.11 Å². The lowest BCUT2D eigenvalue weighted by atomic mass is 10.1. The Labute approximate surface area is 174 Å². The molecule has 0 amide bonds. The molecular formula is C20H18N6O3S. The summed E-state index contributed by atoms with van der Waals surface area (Å²) in [5.74, 6) is -0.344. The maximum Gasteiger partial charge on any atom is 0.312 e. The number of hydrogen-bond donors (Lipinski definition) is 0. The number of methoxy groups -OCH3 is 1. The van der Waals surface area contributed by atoms with Crippen molar-refractivity contribution in [2.45, 2.75) is 13.0 Å². The van der Waals surface area contributed by atoms with E-state index in [1.54, 1.807) is 28.7 Å². The van der Waals surface area contributed by atoms with Gasteiger partial charge in [0.2, 0.25) is 0 Å². The molecule has 5 aromatic rings. The molecule has 1 aromatic carbocycles. The zero-order valence-corrected chi connectivity index (χ0v) is 17.4. The van der Waals surface area contributed by atoms with E-state index in [2.05, 4.69) is 15.2 Å². The fourth-order valence-corrected chi connectivity index (χ4v) is 4.84. The smallest absolute Gasteiger partial charge is 0.312 e. The molecule has 0 aliphatic heterocycles. The van der Waals surface area contributed by atoms with Crippen LogP contribution in [0.4, 0.5) is 0 Å². The molecule has 0 spiro atoms. The van der Waals surface area contributed by atoms with E-state index in [9.17, 15) is 9.59 Å². The van der Waals surface area contributed by atoms with Crippen LogP contribution >= 0.6 is 11.3 Å². The van der Waals surface area contributed by atoms with Gasteiger partial charge in [-0.05, 0) is 11.6 Å². The highest BCUT2D eigenvalue weighted by Crippen LogP contribution is 2.31. The number of aromatic nitrogens is 6. The third kappa shape index (κ3) is 2.71. The third-order valence-electron chi connectivity index (χ3n) is 5.30. The zero-order valence-electron chi connectivity index (χ0n) is 16.6. The molecule has 9 nitrogen and oxygen atoms in total. The van der Waals surface area contributed by atoms with Gasteiger partial charge in [-0.15, -0.1) is 11.3 Å². The molecule has 0 saturated carbocycles. The summed E-state index contributed by atoms with van der Waals surface area (Å²) in [6, 6.07) is 5.93. The number of nitrogens with zero attached hydrogens (tertiary/aromatic N) is 6. The Bertz CT molecular complexity index is 1510. The van der Waals surface area contributed by atoms with Crippen LogP contribution in [0.5, 0.6) is 0 Å². The van der Waals surface area contributed by atoms with Gasteiger partial charge in [-0.3, -0.25) is 14.3 Å². The molecule has 4 aromatic heterocycles. The van der Waals surface area contributed by atoms with E-state index in [-0.39, 0.29) is 17.9 Å². The molecule has 0 bridgehead atoms. The topological polar surface area (TPSA) is 96.8 Å². The number of rotatable bonds is 4. The van der Waals surface area contributed by atoms with Crippen molar-refractivity contribution in [2.24, 2.45) is 14.1 Å². The second-order valence-electron chi connectivity index (χ2n) is 7.06.